The lowest BCUT2D eigenvalue weighted by molar-refractivity contribution is 0.241. The first-order valence-corrected chi connectivity index (χ1v) is 6.69. The Bertz CT molecular complexity index is 538. The number of ether oxygens (including phenoxy) is 1. The van der Waals surface area contributed by atoms with Crippen LogP contribution < -0.4 is 4.74 Å². The molecular formula is C15H15NO2S. The first kappa shape index (κ1) is 13.5. The van der Waals surface area contributed by atoms with Crippen LogP contribution in [0.5, 0.6) is 11.5 Å². The molecule has 0 radical (unpaired) electrons. The molecule has 0 saturated heterocycles. The van der Waals surface area contributed by atoms with Gasteiger partial charge in [-0.2, -0.15) is 0 Å². The molecule has 98 valence electrons. The highest BCUT2D eigenvalue weighted by atomic mass is 32.2. The molecule has 0 N–H and O–H groups in total. The molecule has 0 unspecified atom stereocenters. The second kappa shape index (κ2) is 6.29. The Morgan fingerprint density at radius 3 is 2.11 bits per heavy atom. The van der Waals surface area contributed by atoms with E-state index in [1.807, 2.05) is 54.6 Å². The maximum atomic E-state index is 11.5. The van der Waals surface area contributed by atoms with Crippen LogP contribution in [0.3, 0.4) is 0 Å². The quantitative estimate of drug-likeness (QED) is 0.783. The second-order valence-electron chi connectivity index (χ2n) is 4.15. The van der Waals surface area contributed by atoms with Crippen molar-refractivity contribution in [3.05, 3.63) is 54.6 Å². The molecular weight excluding hydrogens is 258 g/mol. The van der Waals surface area contributed by atoms with E-state index in [1.165, 1.54) is 11.8 Å². The van der Waals surface area contributed by atoms with E-state index in [1.54, 1.807) is 19.0 Å². The molecule has 4 heteroatoms. The number of rotatable bonds is 3. The van der Waals surface area contributed by atoms with Gasteiger partial charge in [0.1, 0.15) is 11.5 Å². The Labute approximate surface area is 117 Å². The average Bonchev–Trinajstić information content (AvgIpc) is 2.42. The van der Waals surface area contributed by atoms with Crippen molar-refractivity contribution in [1.82, 2.24) is 4.90 Å². The maximum Gasteiger partial charge on any atom is 0.285 e. The standard InChI is InChI=1S/C15H15NO2S/c1-16(2)15(17)19-14-10-8-13(9-11-14)18-12-6-4-3-5-7-12/h3-11H,1-2H3. The van der Waals surface area contributed by atoms with Crippen LogP contribution in [0.2, 0.25) is 0 Å². The van der Waals surface area contributed by atoms with E-state index in [0.29, 0.717) is 0 Å². The van der Waals surface area contributed by atoms with E-state index in [9.17, 15) is 4.79 Å². The molecule has 0 saturated carbocycles. The van der Waals surface area contributed by atoms with E-state index in [4.69, 9.17) is 4.74 Å². The normalized spacial score (nSPS) is 10.0. The lowest BCUT2D eigenvalue weighted by Gasteiger charge is -2.09. The van der Waals surface area contributed by atoms with Crippen LogP contribution in [-0.4, -0.2) is 24.2 Å². The highest BCUT2D eigenvalue weighted by Crippen LogP contribution is 2.26. The fraction of sp³-hybridized carbons (Fsp3) is 0.133. The lowest BCUT2D eigenvalue weighted by Crippen LogP contribution is -2.15. The van der Waals surface area contributed by atoms with Crippen molar-refractivity contribution in [3.63, 3.8) is 0 Å². The fourth-order valence-electron chi connectivity index (χ4n) is 1.39. The first-order valence-electron chi connectivity index (χ1n) is 5.87. The molecule has 2 rings (SSSR count). The van der Waals surface area contributed by atoms with Crippen molar-refractivity contribution in [3.8, 4) is 11.5 Å². The van der Waals surface area contributed by atoms with Gasteiger partial charge in [-0.05, 0) is 48.2 Å². The molecule has 1 amide bonds. The molecule has 0 atom stereocenters. The molecule has 3 nitrogen and oxygen atoms in total. The Morgan fingerprint density at radius 2 is 1.53 bits per heavy atom. The van der Waals surface area contributed by atoms with Gasteiger partial charge < -0.3 is 9.64 Å². The molecule has 0 spiro atoms. The first-order chi connectivity index (χ1) is 9.15. The van der Waals surface area contributed by atoms with Crippen molar-refractivity contribution in [2.24, 2.45) is 0 Å². The largest absolute Gasteiger partial charge is 0.457 e. The zero-order valence-corrected chi connectivity index (χ0v) is 11.7. The highest BCUT2D eigenvalue weighted by molar-refractivity contribution is 8.13. The minimum absolute atomic E-state index is 0.0109. The summed E-state index contributed by atoms with van der Waals surface area (Å²) in [6.07, 6.45) is 0. The third-order valence-electron chi connectivity index (χ3n) is 2.37. The Morgan fingerprint density at radius 1 is 0.947 bits per heavy atom. The van der Waals surface area contributed by atoms with Crippen LogP contribution in [0.25, 0.3) is 0 Å². The smallest absolute Gasteiger partial charge is 0.285 e. The molecule has 0 aromatic heterocycles. The predicted octanol–water partition coefficient (Wildman–Crippen LogP) is 4.25. The zero-order chi connectivity index (χ0) is 13.7. The molecule has 2 aromatic carbocycles. The third kappa shape index (κ3) is 4.03. The number of thioether (sulfide) groups is 1. The topological polar surface area (TPSA) is 29.5 Å². The predicted molar refractivity (Wildman–Crippen MR) is 77.9 cm³/mol. The van der Waals surface area contributed by atoms with E-state index >= 15 is 0 Å². The zero-order valence-electron chi connectivity index (χ0n) is 10.9. The summed E-state index contributed by atoms with van der Waals surface area (Å²) in [5.74, 6) is 1.56. The molecule has 19 heavy (non-hydrogen) atoms. The summed E-state index contributed by atoms with van der Waals surface area (Å²) in [6.45, 7) is 0. The number of hydrogen-bond donors (Lipinski definition) is 0. The van der Waals surface area contributed by atoms with Crippen molar-refractivity contribution < 1.29 is 9.53 Å². The van der Waals surface area contributed by atoms with Crippen molar-refractivity contribution in [2.75, 3.05) is 14.1 Å². The summed E-state index contributed by atoms with van der Waals surface area (Å²) in [6, 6.07) is 17.1. The minimum Gasteiger partial charge on any atom is -0.457 e. The van der Waals surface area contributed by atoms with Gasteiger partial charge >= 0.3 is 0 Å². The summed E-state index contributed by atoms with van der Waals surface area (Å²) in [5.41, 5.74) is 0. The molecule has 0 heterocycles. The van der Waals surface area contributed by atoms with Gasteiger partial charge in [0.15, 0.2) is 0 Å². The summed E-state index contributed by atoms with van der Waals surface area (Å²) in [7, 11) is 3.48. The molecule has 0 fully saturated rings. The van der Waals surface area contributed by atoms with Crippen LogP contribution in [0, 0.1) is 0 Å². The van der Waals surface area contributed by atoms with Crippen LogP contribution in [0.1, 0.15) is 0 Å². The van der Waals surface area contributed by atoms with Crippen LogP contribution >= 0.6 is 11.8 Å². The van der Waals surface area contributed by atoms with Crippen LogP contribution in [0.4, 0.5) is 4.79 Å². The van der Waals surface area contributed by atoms with Gasteiger partial charge in [-0.15, -0.1) is 0 Å². The van der Waals surface area contributed by atoms with E-state index in [-0.39, 0.29) is 5.24 Å². The summed E-state index contributed by atoms with van der Waals surface area (Å²) >= 11 is 1.20. The SMILES string of the molecule is CN(C)C(=O)Sc1ccc(Oc2ccccc2)cc1. The van der Waals surface area contributed by atoms with E-state index in [2.05, 4.69) is 0 Å². The van der Waals surface area contributed by atoms with Gasteiger partial charge in [-0.1, -0.05) is 18.2 Å². The van der Waals surface area contributed by atoms with E-state index in [0.717, 1.165) is 16.4 Å². The van der Waals surface area contributed by atoms with Crippen LogP contribution in [-0.2, 0) is 0 Å². The highest BCUT2D eigenvalue weighted by Gasteiger charge is 2.06. The summed E-state index contributed by atoms with van der Waals surface area (Å²) < 4.78 is 5.68. The Hall–Kier alpha value is -1.94. The van der Waals surface area contributed by atoms with Crippen molar-refractivity contribution >= 4 is 17.0 Å². The van der Waals surface area contributed by atoms with Crippen molar-refractivity contribution in [1.29, 1.82) is 0 Å². The fourth-order valence-corrected chi connectivity index (χ4v) is 2.05. The summed E-state index contributed by atoms with van der Waals surface area (Å²) in [5, 5.41) is 0.0109. The molecule has 0 aliphatic carbocycles. The van der Waals surface area contributed by atoms with Crippen molar-refractivity contribution in [2.45, 2.75) is 4.90 Å². The van der Waals surface area contributed by atoms with Gasteiger partial charge in [0.25, 0.3) is 5.24 Å². The third-order valence-corrected chi connectivity index (χ3v) is 3.42. The maximum absolute atomic E-state index is 11.5. The number of benzene rings is 2. The van der Waals surface area contributed by atoms with Gasteiger partial charge in [0, 0.05) is 19.0 Å². The van der Waals surface area contributed by atoms with E-state index < -0.39 is 0 Å². The van der Waals surface area contributed by atoms with Gasteiger partial charge in [0.2, 0.25) is 0 Å². The van der Waals surface area contributed by atoms with Gasteiger partial charge in [-0.25, -0.2) is 0 Å². The number of carbonyl (C=O) groups is 1. The molecule has 2 aromatic rings. The number of para-hydroxylation sites is 1. The monoisotopic (exact) mass is 273 g/mol. The van der Waals surface area contributed by atoms with Gasteiger partial charge in [-0.3, -0.25) is 4.79 Å². The number of carbonyl (C=O) groups excluding carboxylic acids is 1. The number of nitrogens with zero attached hydrogens (tertiary/aromatic N) is 1. The average molecular weight is 273 g/mol. The number of hydrogen-bond acceptors (Lipinski definition) is 3. The Balaban J connectivity index is 2.01. The molecule has 0 bridgehead atoms. The number of amides is 1. The van der Waals surface area contributed by atoms with Crippen LogP contribution in [0.15, 0.2) is 59.5 Å². The lowest BCUT2D eigenvalue weighted by atomic mass is 10.3. The Kier molecular flexibility index (Phi) is 4.47. The molecule has 0 aliphatic rings. The molecule has 0 aliphatic heterocycles. The summed E-state index contributed by atoms with van der Waals surface area (Å²) in [4.78, 5) is 14.0. The van der Waals surface area contributed by atoms with Gasteiger partial charge in [0.05, 0.1) is 0 Å². The second-order valence-corrected chi connectivity index (χ2v) is 5.17. The minimum atomic E-state index is 0.0109.